The predicted octanol–water partition coefficient (Wildman–Crippen LogP) is 2.66. The molecule has 0 bridgehead atoms. The van der Waals surface area contributed by atoms with Crippen molar-refractivity contribution in [1.29, 1.82) is 0 Å². The van der Waals surface area contributed by atoms with Gasteiger partial charge in [0.15, 0.2) is 0 Å². The molecule has 132 valence electrons. The number of likely N-dealkylation sites (tertiary alicyclic amines) is 2. The Morgan fingerprint density at radius 3 is 2.71 bits per heavy atom. The van der Waals surface area contributed by atoms with E-state index in [0.717, 1.165) is 51.9 Å². The van der Waals surface area contributed by atoms with Crippen molar-refractivity contribution in [2.24, 2.45) is 5.92 Å². The molecule has 0 spiro atoms. The number of piperidine rings is 1. The van der Waals surface area contributed by atoms with Gasteiger partial charge in [0.05, 0.1) is 12.0 Å². The maximum Gasteiger partial charge on any atom is 0.227 e. The van der Waals surface area contributed by atoms with Crippen LogP contribution in [0, 0.1) is 5.92 Å². The van der Waals surface area contributed by atoms with Gasteiger partial charge in [-0.05, 0) is 51.1 Å². The normalized spacial score (nSPS) is 26.5. The minimum absolute atomic E-state index is 0.122. The van der Waals surface area contributed by atoms with Crippen molar-refractivity contribution < 1.29 is 9.90 Å². The molecule has 4 heteroatoms. The van der Waals surface area contributed by atoms with Gasteiger partial charge in [0, 0.05) is 25.7 Å². The second kappa shape index (κ2) is 8.13. The summed E-state index contributed by atoms with van der Waals surface area (Å²) < 4.78 is 0. The third-order valence-electron chi connectivity index (χ3n) is 5.38. The number of hydrogen-bond acceptors (Lipinski definition) is 3. The van der Waals surface area contributed by atoms with Gasteiger partial charge in [-0.3, -0.25) is 9.69 Å². The van der Waals surface area contributed by atoms with Crippen molar-refractivity contribution in [2.75, 3.05) is 19.6 Å². The fourth-order valence-electron chi connectivity index (χ4n) is 4.24. The molecule has 2 aliphatic rings. The van der Waals surface area contributed by atoms with Crippen LogP contribution in [0.5, 0.6) is 0 Å². The third-order valence-corrected chi connectivity index (χ3v) is 5.38. The van der Waals surface area contributed by atoms with Gasteiger partial charge in [0.1, 0.15) is 0 Å². The molecule has 4 nitrogen and oxygen atoms in total. The van der Waals surface area contributed by atoms with Gasteiger partial charge in [-0.15, -0.1) is 0 Å². The number of amides is 1. The monoisotopic (exact) mass is 330 g/mol. The zero-order valence-electron chi connectivity index (χ0n) is 14.7. The predicted molar refractivity (Wildman–Crippen MR) is 95.5 cm³/mol. The maximum absolute atomic E-state index is 13.0. The van der Waals surface area contributed by atoms with Gasteiger partial charge in [0.25, 0.3) is 0 Å². The molecular formula is C20H30N2O2. The largest absolute Gasteiger partial charge is 0.393 e. The van der Waals surface area contributed by atoms with E-state index in [1.807, 2.05) is 13.0 Å². The second-order valence-electron chi connectivity index (χ2n) is 7.47. The molecule has 3 atom stereocenters. The number of carbonyl (C=O) groups is 1. The number of nitrogens with zero attached hydrogens (tertiary/aromatic N) is 2. The van der Waals surface area contributed by atoms with Gasteiger partial charge in [0.2, 0.25) is 5.91 Å². The first-order valence-corrected chi connectivity index (χ1v) is 9.38. The van der Waals surface area contributed by atoms with E-state index in [1.54, 1.807) is 0 Å². The topological polar surface area (TPSA) is 43.8 Å². The molecule has 1 N–H and O–H groups in total. The molecule has 0 saturated carbocycles. The highest BCUT2D eigenvalue weighted by Gasteiger charge is 2.35. The van der Waals surface area contributed by atoms with E-state index in [-0.39, 0.29) is 18.1 Å². The fraction of sp³-hybridized carbons (Fsp3) is 0.650. The lowest BCUT2D eigenvalue weighted by Gasteiger charge is -2.36. The van der Waals surface area contributed by atoms with E-state index in [0.29, 0.717) is 12.3 Å². The molecule has 0 aliphatic carbocycles. The average Bonchev–Trinajstić information content (AvgIpc) is 3.02. The van der Waals surface area contributed by atoms with Crippen molar-refractivity contribution in [2.45, 2.75) is 57.7 Å². The van der Waals surface area contributed by atoms with Crippen LogP contribution in [0.3, 0.4) is 0 Å². The van der Waals surface area contributed by atoms with Crippen LogP contribution in [0.2, 0.25) is 0 Å². The Morgan fingerprint density at radius 1 is 1.21 bits per heavy atom. The Labute approximate surface area is 145 Å². The highest BCUT2D eigenvalue weighted by Crippen LogP contribution is 2.27. The van der Waals surface area contributed by atoms with Crippen LogP contribution in [0.4, 0.5) is 0 Å². The molecule has 1 aromatic rings. The van der Waals surface area contributed by atoms with E-state index >= 15 is 0 Å². The van der Waals surface area contributed by atoms with E-state index in [9.17, 15) is 9.90 Å². The Bertz CT molecular complexity index is 532. The molecule has 3 unspecified atom stereocenters. The van der Waals surface area contributed by atoms with Gasteiger partial charge >= 0.3 is 0 Å². The van der Waals surface area contributed by atoms with Crippen molar-refractivity contribution in [1.82, 2.24) is 9.80 Å². The molecule has 1 amide bonds. The quantitative estimate of drug-likeness (QED) is 0.903. The lowest BCUT2D eigenvalue weighted by atomic mass is 9.95. The van der Waals surface area contributed by atoms with Crippen LogP contribution in [0.1, 0.15) is 44.6 Å². The molecule has 24 heavy (non-hydrogen) atoms. The number of aliphatic hydroxyl groups excluding tert-OH is 1. The van der Waals surface area contributed by atoms with Crippen LogP contribution in [0.15, 0.2) is 30.3 Å². The smallest absolute Gasteiger partial charge is 0.227 e. The van der Waals surface area contributed by atoms with Gasteiger partial charge in [-0.25, -0.2) is 0 Å². The maximum atomic E-state index is 13.0. The minimum atomic E-state index is -0.329. The summed E-state index contributed by atoms with van der Waals surface area (Å²) in [6, 6.07) is 10.7. The lowest BCUT2D eigenvalue weighted by molar-refractivity contribution is -0.138. The first-order chi connectivity index (χ1) is 11.6. The molecule has 2 aliphatic heterocycles. The van der Waals surface area contributed by atoms with Crippen molar-refractivity contribution in [3.05, 3.63) is 35.9 Å². The summed E-state index contributed by atoms with van der Waals surface area (Å²) in [5, 5.41) is 9.68. The summed E-state index contributed by atoms with van der Waals surface area (Å²) in [5.41, 5.74) is 1.32. The zero-order valence-corrected chi connectivity index (χ0v) is 14.7. The van der Waals surface area contributed by atoms with Crippen LogP contribution in [-0.4, -0.2) is 52.6 Å². The molecular weight excluding hydrogens is 300 g/mol. The Hall–Kier alpha value is -1.39. The first-order valence-electron chi connectivity index (χ1n) is 9.38. The number of rotatable bonds is 5. The fourth-order valence-corrected chi connectivity index (χ4v) is 4.24. The van der Waals surface area contributed by atoms with Gasteiger partial charge in [-0.1, -0.05) is 30.3 Å². The SMILES string of the molecule is CC(O)CC1CCCN1C(=O)C1CCCN(Cc2ccccc2)C1. The second-order valence-corrected chi connectivity index (χ2v) is 7.47. The average molecular weight is 330 g/mol. The summed E-state index contributed by atoms with van der Waals surface area (Å²) >= 11 is 0. The summed E-state index contributed by atoms with van der Waals surface area (Å²) in [7, 11) is 0. The minimum Gasteiger partial charge on any atom is -0.393 e. The summed E-state index contributed by atoms with van der Waals surface area (Å²) in [5.74, 6) is 0.438. The van der Waals surface area contributed by atoms with Crippen molar-refractivity contribution in [3.8, 4) is 0 Å². The standard InChI is InChI=1S/C20H30N2O2/c1-16(23)13-19-10-6-12-22(19)20(24)18-9-5-11-21(15-18)14-17-7-3-2-4-8-17/h2-4,7-8,16,18-19,23H,5-6,9-15H2,1H3. The summed E-state index contributed by atoms with van der Waals surface area (Å²) in [6.07, 6.45) is 4.59. The van der Waals surface area contributed by atoms with E-state index in [1.165, 1.54) is 5.56 Å². The van der Waals surface area contributed by atoms with Crippen LogP contribution < -0.4 is 0 Å². The Kier molecular flexibility index (Phi) is 5.90. The zero-order chi connectivity index (χ0) is 16.9. The summed E-state index contributed by atoms with van der Waals surface area (Å²) in [4.78, 5) is 17.5. The molecule has 2 fully saturated rings. The molecule has 2 heterocycles. The molecule has 0 aromatic heterocycles. The van der Waals surface area contributed by atoms with Crippen LogP contribution in [-0.2, 0) is 11.3 Å². The Balaban J connectivity index is 1.58. The molecule has 2 saturated heterocycles. The van der Waals surface area contributed by atoms with Gasteiger partial charge in [-0.2, -0.15) is 0 Å². The summed E-state index contributed by atoms with van der Waals surface area (Å²) in [6.45, 7) is 5.57. The number of carbonyl (C=O) groups excluding carboxylic acids is 1. The number of aliphatic hydroxyl groups is 1. The highest BCUT2D eigenvalue weighted by atomic mass is 16.3. The third kappa shape index (κ3) is 4.37. The van der Waals surface area contributed by atoms with Crippen molar-refractivity contribution in [3.63, 3.8) is 0 Å². The molecule has 0 radical (unpaired) electrons. The van der Waals surface area contributed by atoms with Gasteiger partial charge < -0.3 is 10.0 Å². The first kappa shape index (κ1) is 17.4. The van der Waals surface area contributed by atoms with Crippen LogP contribution >= 0.6 is 0 Å². The number of hydrogen-bond donors (Lipinski definition) is 1. The highest BCUT2D eigenvalue weighted by molar-refractivity contribution is 5.79. The van der Waals surface area contributed by atoms with E-state index in [4.69, 9.17) is 0 Å². The van der Waals surface area contributed by atoms with E-state index in [2.05, 4.69) is 34.1 Å². The number of benzene rings is 1. The van der Waals surface area contributed by atoms with Crippen LogP contribution in [0.25, 0.3) is 0 Å². The lowest BCUT2D eigenvalue weighted by Crippen LogP contribution is -2.46. The Morgan fingerprint density at radius 2 is 1.96 bits per heavy atom. The molecule has 3 rings (SSSR count). The van der Waals surface area contributed by atoms with E-state index < -0.39 is 0 Å². The van der Waals surface area contributed by atoms with Crippen molar-refractivity contribution >= 4 is 5.91 Å². The molecule has 1 aromatic carbocycles.